The third kappa shape index (κ3) is 3.04. The van der Waals surface area contributed by atoms with Crippen LogP contribution in [0.1, 0.15) is 24.5 Å². The molecule has 20 heavy (non-hydrogen) atoms. The van der Waals surface area contributed by atoms with E-state index < -0.39 is 12.1 Å². The number of esters is 1. The molecule has 1 saturated heterocycles. The summed E-state index contributed by atoms with van der Waals surface area (Å²) in [7, 11) is 1.28. The molecule has 5 heteroatoms. The van der Waals surface area contributed by atoms with E-state index in [0.717, 1.165) is 36.1 Å². The minimum atomic E-state index is -1.06. The highest BCUT2D eigenvalue weighted by atomic mass is 79.9. The standard InChI is InChI=1S/C15H18BrNO3/c1-10(15(19)20-2)14(18)12-9-11(16)5-6-13(12)17-7-3-4-8-17/h5-6,9,14,18H,1,3-4,7-8H2,2H3. The fourth-order valence-corrected chi connectivity index (χ4v) is 2.80. The Hall–Kier alpha value is -1.33. The maximum Gasteiger partial charge on any atom is 0.336 e. The predicted octanol–water partition coefficient (Wildman–Crippen LogP) is 2.81. The Morgan fingerprint density at radius 3 is 2.70 bits per heavy atom. The third-order valence-corrected chi connectivity index (χ3v) is 4.00. The normalized spacial score (nSPS) is 16.1. The highest BCUT2D eigenvalue weighted by Gasteiger charge is 2.25. The minimum Gasteiger partial charge on any atom is -0.466 e. The summed E-state index contributed by atoms with van der Waals surface area (Å²) in [6.45, 7) is 5.57. The fraction of sp³-hybridized carbons (Fsp3) is 0.400. The van der Waals surface area contributed by atoms with Gasteiger partial charge >= 0.3 is 5.97 Å². The average Bonchev–Trinajstić information content (AvgIpc) is 2.98. The van der Waals surface area contributed by atoms with Crippen LogP contribution in [0.15, 0.2) is 34.8 Å². The number of aliphatic hydroxyl groups is 1. The van der Waals surface area contributed by atoms with Crippen molar-refractivity contribution in [3.63, 3.8) is 0 Å². The number of hydrogen-bond donors (Lipinski definition) is 1. The van der Waals surface area contributed by atoms with Gasteiger partial charge in [0, 0.05) is 28.8 Å². The van der Waals surface area contributed by atoms with Crippen LogP contribution in [-0.4, -0.2) is 31.3 Å². The summed E-state index contributed by atoms with van der Waals surface area (Å²) in [5, 5.41) is 10.4. The SMILES string of the molecule is C=C(C(=O)OC)C(O)c1cc(Br)ccc1N1CCCC1. The summed E-state index contributed by atoms with van der Waals surface area (Å²) < 4.78 is 5.48. The highest BCUT2D eigenvalue weighted by molar-refractivity contribution is 9.10. The van der Waals surface area contributed by atoms with Gasteiger partial charge < -0.3 is 14.7 Å². The summed E-state index contributed by atoms with van der Waals surface area (Å²) in [5.74, 6) is -0.593. The lowest BCUT2D eigenvalue weighted by atomic mass is 10.0. The Balaban J connectivity index is 2.35. The monoisotopic (exact) mass is 339 g/mol. The van der Waals surface area contributed by atoms with Crippen molar-refractivity contribution < 1.29 is 14.6 Å². The third-order valence-electron chi connectivity index (χ3n) is 3.51. The lowest BCUT2D eigenvalue weighted by Gasteiger charge is -2.24. The molecule has 1 aromatic carbocycles. The molecule has 1 N–H and O–H groups in total. The quantitative estimate of drug-likeness (QED) is 0.676. The molecule has 1 aliphatic heterocycles. The molecule has 1 heterocycles. The van der Waals surface area contributed by atoms with Crippen LogP contribution in [-0.2, 0) is 9.53 Å². The first-order chi connectivity index (χ1) is 9.54. The first kappa shape index (κ1) is 15.1. The number of carbonyl (C=O) groups excluding carboxylic acids is 1. The van der Waals surface area contributed by atoms with Gasteiger partial charge in [0.25, 0.3) is 0 Å². The van der Waals surface area contributed by atoms with E-state index in [1.54, 1.807) is 0 Å². The van der Waals surface area contributed by atoms with E-state index in [2.05, 4.69) is 32.1 Å². The Morgan fingerprint density at radius 1 is 1.45 bits per heavy atom. The lowest BCUT2D eigenvalue weighted by Crippen LogP contribution is -2.21. The van der Waals surface area contributed by atoms with Gasteiger partial charge in [-0.1, -0.05) is 22.5 Å². The van der Waals surface area contributed by atoms with Crippen LogP contribution in [0.25, 0.3) is 0 Å². The van der Waals surface area contributed by atoms with Gasteiger partial charge in [0.1, 0.15) is 6.10 Å². The van der Waals surface area contributed by atoms with Crippen LogP contribution >= 0.6 is 15.9 Å². The number of ether oxygens (including phenoxy) is 1. The molecule has 4 nitrogen and oxygen atoms in total. The molecule has 0 saturated carbocycles. The van der Waals surface area contributed by atoms with Crippen LogP contribution in [0.3, 0.4) is 0 Å². The van der Waals surface area contributed by atoms with Crippen molar-refractivity contribution in [2.24, 2.45) is 0 Å². The van der Waals surface area contributed by atoms with E-state index in [4.69, 9.17) is 0 Å². The molecule has 2 rings (SSSR count). The zero-order valence-electron chi connectivity index (χ0n) is 11.4. The number of anilines is 1. The lowest BCUT2D eigenvalue weighted by molar-refractivity contribution is -0.137. The van der Waals surface area contributed by atoms with Gasteiger partial charge in [-0.2, -0.15) is 0 Å². The number of halogens is 1. The van der Waals surface area contributed by atoms with Crippen molar-refractivity contribution in [1.29, 1.82) is 0 Å². The topological polar surface area (TPSA) is 49.8 Å². The number of rotatable bonds is 4. The summed E-state index contributed by atoms with van der Waals surface area (Å²) in [5.41, 5.74) is 1.67. The van der Waals surface area contributed by atoms with Gasteiger partial charge in [0.15, 0.2) is 0 Å². The number of hydrogen-bond acceptors (Lipinski definition) is 4. The number of nitrogens with zero attached hydrogens (tertiary/aromatic N) is 1. The van der Waals surface area contributed by atoms with E-state index in [1.807, 2.05) is 18.2 Å². The molecule has 1 aliphatic rings. The van der Waals surface area contributed by atoms with Crippen molar-refractivity contribution in [1.82, 2.24) is 0 Å². The van der Waals surface area contributed by atoms with E-state index >= 15 is 0 Å². The summed E-state index contributed by atoms with van der Waals surface area (Å²) in [6.07, 6.45) is 1.23. The van der Waals surface area contributed by atoms with Crippen molar-refractivity contribution in [2.75, 3.05) is 25.1 Å². The highest BCUT2D eigenvalue weighted by Crippen LogP contribution is 2.34. The van der Waals surface area contributed by atoms with E-state index in [0.29, 0.717) is 5.56 Å². The van der Waals surface area contributed by atoms with Crippen molar-refractivity contribution >= 4 is 27.6 Å². The molecule has 1 atom stereocenters. The van der Waals surface area contributed by atoms with Crippen LogP contribution in [0, 0.1) is 0 Å². The molecular formula is C15H18BrNO3. The van der Waals surface area contributed by atoms with Crippen LogP contribution in [0.4, 0.5) is 5.69 Å². The van der Waals surface area contributed by atoms with Gasteiger partial charge in [-0.05, 0) is 31.0 Å². The van der Waals surface area contributed by atoms with Gasteiger partial charge in [0.2, 0.25) is 0 Å². The van der Waals surface area contributed by atoms with Gasteiger partial charge in [-0.25, -0.2) is 4.79 Å². The molecular weight excluding hydrogens is 322 g/mol. The molecule has 0 bridgehead atoms. The van der Waals surface area contributed by atoms with Crippen molar-refractivity contribution in [3.8, 4) is 0 Å². The fourth-order valence-electron chi connectivity index (χ4n) is 2.42. The molecule has 108 valence electrons. The number of benzene rings is 1. The van der Waals surface area contributed by atoms with E-state index in [9.17, 15) is 9.90 Å². The van der Waals surface area contributed by atoms with E-state index in [1.165, 1.54) is 7.11 Å². The second kappa shape index (κ2) is 6.41. The van der Waals surface area contributed by atoms with E-state index in [-0.39, 0.29) is 5.57 Å². The van der Waals surface area contributed by atoms with Gasteiger partial charge in [0.05, 0.1) is 12.7 Å². The Kier molecular flexibility index (Phi) is 4.83. The minimum absolute atomic E-state index is 0.0473. The Labute approximate surface area is 127 Å². The molecule has 1 aromatic rings. The second-order valence-corrected chi connectivity index (χ2v) is 5.73. The van der Waals surface area contributed by atoms with Crippen LogP contribution in [0.2, 0.25) is 0 Å². The molecule has 0 radical (unpaired) electrons. The first-order valence-corrected chi connectivity index (χ1v) is 7.33. The first-order valence-electron chi connectivity index (χ1n) is 6.54. The average molecular weight is 340 g/mol. The maximum atomic E-state index is 11.5. The van der Waals surface area contributed by atoms with Crippen molar-refractivity contribution in [3.05, 3.63) is 40.4 Å². The summed E-state index contributed by atoms with van der Waals surface area (Å²) in [6, 6.07) is 5.72. The number of aliphatic hydroxyl groups excluding tert-OH is 1. The summed E-state index contributed by atoms with van der Waals surface area (Å²) in [4.78, 5) is 13.8. The molecule has 1 fully saturated rings. The van der Waals surface area contributed by atoms with Crippen LogP contribution in [0.5, 0.6) is 0 Å². The van der Waals surface area contributed by atoms with Gasteiger partial charge in [-0.3, -0.25) is 0 Å². The smallest absolute Gasteiger partial charge is 0.336 e. The Bertz CT molecular complexity index is 524. The zero-order chi connectivity index (χ0) is 14.7. The zero-order valence-corrected chi connectivity index (χ0v) is 13.0. The summed E-state index contributed by atoms with van der Waals surface area (Å²) >= 11 is 3.40. The number of methoxy groups -OCH3 is 1. The molecule has 0 amide bonds. The Morgan fingerprint density at radius 2 is 2.10 bits per heavy atom. The molecule has 0 spiro atoms. The largest absolute Gasteiger partial charge is 0.466 e. The number of carbonyl (C=O) groups is 1. The van der Waals surface area contributed by atoms with Gasteiger partial charge in [-0.15, -0.1) is 0 Å². The van der Waals surface area contributed by atoms with Crippen LogP contribution < -0.4 is 4.90 Å². The van der Waals surface area contributed by atoms with Crippen molar-refractivity contribution in [2.45, 2.75) is 18.9 Å². The molecule has 0 aliphatic carbocycles. The molecule has 1 unspecified atom stereocenters. The second-order valence-electron chi connectivity index (χ2n) is 4.82. The predicted molar refractivity (Wildman–Crippen MR) is 81.7 cm³/mol. The molecule has 0 aromatic heterocycles. The maximum absolute atomic E-state index is 11.5.